The first-order chi connectivity index (χ1) is 13.2. The van der Waals surface area contributed by atoms with E-state index in [1.807, 2.05) is 53.8 Å². The van der Waals surface area contributed by atoms with Gasteiger partial charge in [0.15, 0.2) is 0 Å². The Hall–Kier alpha value is -2.09. The molecule has 1 amide bonds. The minimum absolute atomic E-state index is 0.115. The van der Waals surface area contributed by atoms with E-state index in [4.69, 9.17) is 0 Å². The number of rotatable bonds is 5. The molecule has 0 radical (unpaired) electrons. The lowest BCUT2D eigenvalue weighted by Gasteiger charge is -2.26. The fourth-order valence-corrected chi connectivity index (χ4v) is 4.73. The quantitative estimate of drug-likeness (QED) is 0.707. The number of thioether (sulfide) groups is 1. The zero-order chi connectivity index (χ0) is 18.6. The zero-order valence-corrected chi connectivity index (χ0v) is 16.9. The van der Waals surface area contributed by atoms with Crippen molar-refractivity contribution in [2.45, 2.75) is 6.54 Å². The molecule has 0 atom stereocenters. The van der Waals surface area contributed by atoms with Gasteiger partial charge >= 0.3 is 0 Å². The maximum Gasteiger partial charge on any atom is 0.256 e. The van der Waals surface area contributed by atoms with Crippen LogP contribution < -0.4 is 5.32 Å². The van der Waals surface area contributed by atoms with E-state index in [9.17, 15) is 4.79 Å². The summed E-state index contributed by atoms with van der Waals surface area (Å²) in [6.45, 7) is 3.23. The van der Waals surface area contributed by atoms with Crippen LogP contribution in [-0.2, 0) is 13.6 Å². The smallest absolute Gasteiger partial charge is 0.256 e. The third-order valence-corrected chi connectivity index (χ3v) is 6.29. The third-order valence-electron chi connectivity index (χ3n) is 4.66. The number of carbonyl (C=O) groups is 1. The summed E-state index contributed by atoms with van der Waals surface area (Å²) in [7, 11) is 1.84. The number of hydrogen-bond donors (Lipinski definition) is 1. The summed E-state index contributed by atoms with van der Waals surface area (Å²) < 4.78 is 1.70. The molecule has 0 saturated carbocycles. The minimum Gasteiger partial charge on any atom is -0.307 e. The Morgan fingerprint density at radius 2 is 1.96 bits per heavy atom. The summed E-state index contributed by atoms with van der Waals surface area (Å²) in [6, 6.07) is 11.8. The van der Waals surface area contributed by atoms with Gasteiger partial charge in [0, 0.05) is 60.8 Å². The molecule has 140 valence electrons. The third kappa shape index (κ3) is 4.43. The molecule has 5 nitrogen and oxygen atoms in total. The summed E-state index contributed by atoms with van der Waals surface area (Å²) in [5.74, 6) is 2.99. The number of aryl methyl sites for hydroxylation is 1. The van der Waals surface area contributed by atoms with Crippen LogP contribution in [0.1, 0.15) is 15.9 Å². The molecular weight excluding hydrogens is 376 g/mol. The molecule has 1 aliphatic rings. The van der Waals surface area contributed by atoms with Crippen LogP contribution >= 0.6 is 23.1 Å². The Balaban J connectivity index is 1.41. The van der Waals surface area contributed by atoms with Crippen molar-refractivity contribution in [1.82, 2.24) is 14.7 Å². The molecular formula is C20H22N4OS2. The van der Waals surface area contributed by atoms with E-state index in [2.05, 4.69) is 27.4 Å². The number of amides is 1. The standard InChI is InChI=1S/C20H22N4OS2/c1-23-19(12-18(22-23)17-6-9-27-14-17)21-20(25)16-4-2-15(3-5-16)13-24-7-10-26-11-8-24/h2-6,9,12,14H,7-8,10-11,13H2,1H3,(H,21,25). The average molecular weight is 399 g/mol. The SMILES string of the molecule is Cn1nc(-c2ccsc2)cc1NC(=O)c1ccc(CN2CCSCC2)cc1. The van der Waals surface area contributed by atoms with Gasteiger partial charge in [-0.25, -0.2) is 0 Å². The Bertz CT molecular complexity index is 897. The molecule has 0 bridgehead atoms. The van der Waals surface area contributed by atoms with Crippen LogP contribution in [0.25, 0.3) is 11.3 Å². The highest BCUT2D eigenvalue weighted by molar-refractivity contribution is 7.99. The fraction of sp³-hybridized carbons (Fsp3) is 0.300. The normalized spacial score (nSPS) is 15.0. The van der Waals surface area contributed by atoms with Crippen LogP contribution in [0.15, 0.2) is 47.2 Å². The highest BCUT2D eigenvalue weighted by Crippen LogP contribution is 2.24. The van der Waals surface area contributed by atoms with Crippen LogP contribution in [0.5, 0.6) is 0 Å². The number of anilines is 1. The van der Waals surface area contributed by atoms with Crippen molar-refractivity contribution < 1.29 is 4.79 Å². The number of nitrogens with zero attached hydrogens (tertiary/aromatic N) is 3. The van der Waals surface area contributed by atoms with Crippen molar-refractivity contribution in [3.63, 3.8) is 0 Å². The van der Waals surface area contributed by atoms with E-state index >= 15 is 0 Å². The topological polar surface area (TPSA) is 50.2 Å². The second-order valence-corrected chi connectivity index (χ2v) is 8.59. The molecule has 1 saturated heterocycles. The zero-order valence-electron chi connectivity index (χ0n) is 15.2. The lowest BCUT2D eigenvalue weighted by molar-refractivity contribution is 0.102. The predicted octanol–water partition coefficient (Wildman–Crippen LogP) is 3.95. The predicted molar refractivity (Wildman–Crippen MR) is 114 cm³/mol. The summed E-state index contributed by atoms with van der Waals surface area (Å²) in [5.41, 5.74) is 3.84. The van der Waals surface area contributed by atoms with Gasteiger partial charge in [0.25, 0.3) is 5.91 Å². The average Bonchev–Trinajstić information content (AvgIpc) is 3.34. The Morgan fingerprint density at radius 1 is 1.19 bits per heavy atom. The number of aromatic nitrogens is 2. The van der Waals surface area contributed by atoms with Gasteiger partial charge in [-0.3, -0.25) is 14.4 Å². The Labute approximate surface area is 167 Å². The van der Waals surface area contributed by atoms with Gasteiger partial charge in [-0.1, -0.05) is 12.1 Å². The van der Waals surface area contributed by atoms with Crippen LogP contribution in [0.2, 0.25) is 0 Å². The Morgan fingerprint density at radius 3 is 2.67 bits per heavy atom. The monoisotopic (exact) mass is 398 g/mol. The summed E-state index contributed by atoms with van der Waals surface area (Å²) in [6.07, 6.45) is 0. The minimum atomic E-state index is -0.115. The highest BCUT2D eigenvalue weighted by Gasteiger charge is 2.13. The summed E-state index contributed by atoms with van der Waals surface area (Å²) >= 11 is 3.65. The summed E-state index contributed by atoms with van der Waals surface area (Å²) in [5, 5.41) is 11.5. The molecule has 1 aliphatic heterocycles. The molecule has 0 unspecified atom stereocenters. The fourth-order valence-electron chi connectivity index (χ4n) is 3.10. The first-order valence-electron chi connectivity index (χ1n) is 8.96. The van der Waals surface area contributed by atoms with Gasteiger partial charge in [0.2, 0.25) is 0 Å². The van der Waals surface area contributed by atoms with E-state index in [-0.39, 0.29) is 5.91 Å². The van der Waals surface area contributed by atoms with Crippen molar-refractivity contribution >= 4 is 34.8 Å². The highest BCUT2D eigenvalue weighted by atomic mass is 32.2. The first kappa shape index (κ1) is 18.3. The molecule has 3 heterocycles. The Kier molecular flexibility index (Phi) is 5.61. The second-order valence-electron chi connectivity index (χ2n) is 6.59. The van der Waals surface area contributed by atoms with Gasteiger partial charge in [-0.05, 0) is 29.1 Å². The number of nitrogens with one attached hydrogen (secondary N) is 1. The largest absolute Gasteiger partial charge is 0.307 e. The van der Waals surface area contributed by atoms with Crippen molar-refractivity contribution in [2.24, 2.45) is 7.05 Å². The molecule has 4 rings (SSSR count). The van der Waals surface area contributed by atoms with Crippen LogP contribution in [0.4, 0.5) is 5.82 Å². The van der Waals surface area contributed by atoms with Gasteiger partial charge in [0.05, 0.1) is 5.69 Å². The van der Waals surface area contributed by atoms with Crippen molar-refractivity contribution in [2.75, 3.05) is 29.9 Å². The van der Waals surface area contributed by atoms with Gasteiger partial charge in [-0.15, -0.1) is 0 Å². The molecule has 3 aromatic rings. The lowest BCUT2D eigenvalue weighted by Crippen LogP contribution is -2.31. The molecule has 1 aromatic carbocycles. The number of benzene rings is 1. The van der Waals surface area contributed by atoms with Gasteiger partial charge in [0.1, 0.15) is 5.82 Å². The van der Waals surface area contributed by atoms with E-state index in [0.29, 0.717) is 11.4 Å². The van der Waals surface area contributed by atoms with Crippen molar-refractivity contribution in [1.29, 1.82) is 0 Å². The molecule has 0 aliphatic carbocycles. The molecule has 27 heavy (non-hydrogen) atoms. The maximum atomic E-state index is 12.6. The summed E-state index contributed by atoms with van der Waals surface area (Å²) in [4.78, 5) is 15.1. The molecule has 1 N–H and O–H groups in total. The first-order valence-corrected chi connectivity index (χ1v) is 11.1. The van der Waals surface area contributed by atoms with Gasteiger partial charge < -0.3 is 5.32 Å². The van der Waals surface area contributed by atoms with E-state index in [0.717, 1.165) is 30.9 Å². The van der Waals surface area contributed by atoms with E-state index in [1.54, 1.807) is 16.0 Å². The molecule has 1 fully saturated rings. The van der Waals surface area contributed by atoms with Crippen molar-refractivity contribution in [3.8, 4) is 11.3 Å². The number of carbonyl (C=O) groups excluding carboxylic acids is 1. The molecule has 0 spiro atoms. The van der Waals surface area contributed by atoms with Gasteiger partial charge in [-0.2, -0.15) is 28.2 Å². The van der Waals surface area contributed by atoms with Crippen LogP contribution in [0, 0.1) is 0 Å². The van der Waals surface area contributed by atoms with E-state index in [1.165, 1.54) is 17.1 Å². The van der Waals surface area contributed by atoms with Crippen LogP contribution in [0.3, 0.4) is 0 Å². The molecule has 2 aromatic heterocycles. The van der Waals surface area contributed by atoms with E-state index < -0.39 is 0 Å². The molecule has 7 heteroatoms. The number of thiophene rings is 1. The maximum absolute atomic E-state index is 12.6. The second kappa shape index (κ2) is 8.29. The van der Waals surface area contributed by atoms with Crippen LogP contribution in [-0.4, -0.2) is 45.2 Å². The number of hydrogen-bond acceptors (Lipinski definition) is 5. The lowest BCUT2D eigenvalue weighted by atomic mass is 10.1. The van der Waals surface area contributed by atoms with Crippen molar-refractivity contribution in [3.05, 3.63) is 58.3 Å².